The number of carboxylic acids is 1. The van der Waals surface area contributed by atoms with Gasteiger partial charge in [0.1, 0.15) is 22.4 Å². The molecule has 0 saturated carbocycles. The van der Waals surface area contributed by atoms with E-state index in [1.54, 1.807) is 12.1 Å². The molecule has 0 aromatic heterocycles. The van der Waals surface area contributed by atoms with Crippen molar-refractivity contribution in [3.05, 3.63) is 65.1 Å². The molecule has 0 atom stereocenters. The van der Waals surface area contributed by atoms with Crippen LogP contribution in [0.2, 0.25) is 0 Å². The molecule has 0 aliphatic carbocycles. The van der Waals surface area contributed by atoms with Gasteiger partial charge in [-0.1, -0.05) is 54.3 Å². The maximum Gasteiger partial charge on any atom is 0.323 e. The molecule has 0 bridgehead atoms. The Morgan fingerprint density at radius 2 is 1.88 bits per heavy atom. The lowest BCUT2D eigenvalue weighted by atomic mass is 10.2. The molecule has 2 aromatic rings. The van der Waals surface area contributed by atoms with E-state index >= 15 is 0 Å². The van der Waals surface area contributed by atoms with E-state index in [9.17, 15) is 9.59 Å². The highest BCUT2D eigenvalue weighted by atomic mass is 32.2. The largest absolute Gasteiger partial charge is 0.480 e. The molecule has 1 N–H and O–H groups in total. The number of rotatable bonds is 5. The van der Waals surface area contributed by atoms with Crippen LogP contribution in [0, 0.1) is 0 Å². The van der Waals surface area contributed by atoms with Crippen molar-refractivity contribution in [1.82, 2.24) is 4.90 Å². The second-order valence-electron chi connectivity index (χ2n) is 5.15. The molecule has 25 heavy (non-hydrogen) atoms. The summed E-state index contributed by atoms with van der Waals surface area (Å²) in [5, 5.41) is 8.86. The average molecular weight is 371 g/mol. The first kappa shape index (κ1) is 17.2. The number of ether oxygens (including phenoxy) is 1. The molecule has 7 heteroatoms. The summed E-state index contributed by atoms with van der Waals surface area (Å²) in [5.41, 5.74) is 0.768. The van der Waals surface area contributed by atoms with E-state index in [2.05, 4.69) is 0 Å². The van der Waals surface area contributed by atoms with Crippen LogP contribution < -0.4 is 4.74 Å². The summed E-state index contributed by atoms with van der Waals surface area (Å²) in [4.78, 5) is 24.6. The summed E-state index contributed by atoms with van der Waals surface area (Å²) >= 11 is 6.17. The van der Waals surface area contributed by atoms with Gasteiger partial charge in [-0.15, -0.1) is 0 Å². The number of hydrogen-bond donors (Lipinski definition) is 1. The Kier molecular flexibility index (Phi) is 5.16. The molecule has 0 unspecified atom stereocenters. The number of carbonyl (C=O) groups excluding carboxylic acids is 1. The van der Waals surface area contributed by atoms with Crippen LogP contribution in [0.25, 0.3) is 6.08 Å². The molecule has 1 fully saturated rings. The zero-order chi connectivity index (χ0) is 17.8. The maximum atomic E-state index is 12.3. The van der Waals surface area contributed by atoms with Crippen LogP contribution in [-0.2, 0) is 9.59 Å². The Labute approximate surface area is 153 Å². The third kappa shape index (κ3) is 4.26. The smallest absolute Gasteiger partial charge is 0.323 e. The van der Waals surface area contributed by atoms with Gasteiger partial charge in [0.2, 0.25) is 0 Å². The Morgan fingerprint density at radius 1 is 1.16 bits per heavy atom. The minimum Gasteiger partial charge on any atom is -0.480 e. The van der Waals surface area contributed by atoms with Gasteiger partial charge in [0.05, 0.1) is 4.91 Å². The molecular formula is C18H13NO4S2. The fourth-order valence-corrected chi connectivity index (χ4v) is 3.47. The highest BCUT2D eigenvalue weighted by Crippen LogP contribution is 2.33. The average Bonchev–Trinajstić information content (AvgIpc) is 2.83. The predicted molar refractivity (Wildman–Crippen MR) is 100 cm³/mol. The summed E-state index contributed by atoms with van der Waals surface area (Å²) < 4.78 is 6.02. The first-order valence-corrected chi connectivity index (χ1v) is 8.55. The van der Waals surface area contributed by atoms with Gasteiger partial charge in [-0.25, -0.2) is 0 Å². The van der Waals surface area contributed by atoms with Crippen LogP contribution in [0.4, 0.5) is 0 Å². The molecule has 1 heterocycles. The molecule has 1 amide bonds. The van der Waals surface area contributed by atoms with Crippen LogP contribution >= 0.6 is 24.0 Å². The first-order valence-electron chi connectivity index (χ1n) is 7.33. The van der Waals surface area contributed by atoms with Gasteiger partial charge in [-0.05, 0) is 35.9 Å². The van der Waals surface area contributed by atoms with Crippen molar-refractivity contribution < 1.29 is 19.4 Å². The number of para-hydroxylation sites is 1. The monoisotopic (exact) mass is 371 g/mol. The number of carboxylic acid groups (broad SMARTS) is 1. The quantitative estimate of drug-likeness (QED) is 0.638. The number of amides is 1. The minimum atomic E-state index is -1.10. The van der Waals surface area contributed by atoms with E-state index in [4.69, 9.17) is 22.1 Å². The van der Waals surface area contributed by atoms with Gasteiger partial charge in [0.15, 0.2) is 0 Å². The van der Waals surface area contributed by atoms with Crippen molar-refractivity contribution in [3.8, 4) is 11.5 Å². The van der Waals surface area contributed by atoms with Crippen LogP contribution in [-0.4, -0.2) is 32.7 Å². The van der Waals surface area contributed by atoms with E-state index in [1.807, 2.05) is 48.5 Å². The van der Waals surface area contributed by atoms with E-state index in [0.717, 1.165) is 22.2 Å². The minimum absolute atomic E-state index is 0.246. The summed E-state index contributed by atoms with van der Waals surface area (Å²) in [7, 11) is 0. The van der Waals surface area contributed by atoms with Crippen LogP contribution in [0.5, 0.6) is 11.5 Å². The number of benzene rings is 2. The summed E-state index contributed by atoms with van der Waals surface area (Å²) in [6, 6.07) is 16.6. The lowest BCUT2D eigenvalue weighted by Crippen LogP contribution is -2.33. The van der Waals surface area contributed by atoms with Crippen molar-refractivity contribution >= 4 is 46.3 Å². The molecule has 1 aliphatic rings. The van der Waals surface area contributed by atoms with Gasteiger partial charge in [0, 0.05) is 0 Å². The molecule has 126 valence electrons. The fraction of sp³-hybridized carbons (Fsp3) is 0.0556. The summed E-state index contributed by atoms with van der Waals surface area (Å²) in [6.07, 6.45) is 1.68. The first-order chi connectivity index (χ1) is 12.0. The zero-order valence-electron chi connectivity index (χ0n) is 12.9. The molecule has 2 aromatic carbocycles. The molecule has 0 spiro atoms. The predicted octanol–water partition coefficient (Wildman–Crippen LogP) is 3.76. The van der Waals surface area contributed by atoms with Gasteiger partial charge < -0.3 is 9.84 Å². The molecule has 1 aliphatic heterocycles. The molecule has 0 radical (unpaired) electrons. The molecular weight excluding hydrogens is 358 g/mol. The third-order valence-electron chi connectivity index (χ3n) is 3.30. The number of thioether (sulfide) groups is 1. The second kappa shape index (κ2) is 7.50. The van der Waals surface area contributed by atoms with Gasteiger partial charge >= 0.3 is 5.97 Å². The maximum absolute atomic E-state index is 12.3. The standard InChI is InChI=1S/C18H13NO4S2/c20-16(21)11-19-17(22)15(25-18(19)24)10-12-5-4-8-14(9-12)23-13-6-2-1-3-7-13/h1-10H,11H2,(H,20,21)/b15-10-. The number of thiocarbonyl (C=S) groups is 1. The number of nitrogens with zero attached hydrogens (tertiary/aromatic N) is 1. The Bertz CT molecular complexity index is 864. The highest BCUT2D eigenvalue weighted by Gasteiger charge is 2.33. The summed E-state index contributed by atoms with van der Waals surface area (Å²) in [6.45, 7) is -0.431. The van der Waals surface area contributed by atoms with E-state index in [1.165, 1.54) is 0 Å². The van der Waals surface area contributed by atoms with Crippen LogP contribution in [0.1, 0.15) is 5.56 Å². The van der Waals surface area contributed by atoms with E-state index in [0.29, 0.717) is 16.4 Å². The van der Waals surface area contributed by atoms with Gasteiger partial charge in [-0.2, -0.15) is 0 Å². The highest BCUT2D eigenvalue weighted by molar-refractivity contribution is 8.26. The topological polar surface area (TPSA) is 66.8 Å². The number of carbonyl (C=O) groups is 2. The van der Waals surface area contributed by atoms with Crippen molar-refractivity contribution in [2.24, 2.45) is 0 Å². The van der Waals surface area contributed by atoms with Crippen molar-refractivity contribution in [3.63, 3.8) is 0 Å². The number of hydrogen-bond acceptors (Lipinski definition) is 5. The van der Waals surface area contributed by atoms with Crippen LogP contribution in [0.3, 0.4) is 0 Å². The lowest BCUT2D eigenvalue weighted by Gasteiger charge is -2.10. The second-order valence-corrected chi connectivity index (χ2v) is 6.82. The summed E-state index contributed by atoms with van der Waals surface area (Å²) in [5.74, 6) is -0.143. The lowest BCUT2D eigenvalue weighted by molar-refractivity contribution is -0.140. The van der Waals surface area contributed by atoms with E-state index < -0.39 is 18.4 Å². The van der Waals surface area contributed by atoms with Crippen molar-refractivity contribution in [2.75, 3.05) is 6.54 Å². The Balaban J connectivity index is 1.80. The Hall–Kier alpha value is -2.64. The van der Waals surface area contributed by atoms with Crippen molar-refractivity contribution in [2.45, 2.75) is 0 Å². The van der Waals surface area contributed by atoms with Gasteiger partial charge in [-0.3, -0.25) is 14.5 Å². The normalized spacial score (nSPS) is 15.7. The molecule has 1 saturated heterocycles. The van der Waals surface area contributed by atoms with Gasteiger partial charge in [0.25, 0.3) is 5.91 Å². The zero-order valence-corrected chi connectivity index (χ0v) is 14.5. The Morgan fingerprint density at radius 3 is 2.60 bits per heavy atom. The fourth-order valence-electron chi connectivity index (χ4n) is 2.22. The molecule has 5 nitrogen and oxygen atoms in total. The third-order valence-corrected chi connectivity index (χ3v) is 4.68. The van der Waals surface area contributed by atoms with Crippen LogP contribution in [0.15, 0.2) is 59.5 Å². The molecule has 3 rings (SSSR count). The SMILES string of the molecule is O=C(O)CN1C(=O)/C(=C/c2cccc(Oc3ccccc3)c2)SC1=S. The van der Waals surface area contributed by atoms with E-state index in [-0.39, 0.29) is 4.32 Å². The van der Waals surface area contributed by atoms with Crippen molar-refractivity contribution in [1.29, 1.82) is 0 Å². The number of aliphatic carboxylic acids is 1.